The van der Waals surface area contributed by atoms with Gasteiger partial charge in [0.05, 0.1) is 4.92 Å². The zero-order valence-electron chi connectivity index (χ0n) is 8.63. The molecule has 4 nitrogen and oxygen atoms in total. The Kier molecular flexibility index (Phi) is 2.97. The maximum Gasteiger partial charge on any atom is 0.270 e. The summed E-state index contributed by atoms with van der Waals surface area (Å²) in [6, 6.07) is 10.7. The summed E-state index contributed by atoms with van der Waals surface area (Å²) >= 11 is 5.98. The van der Waals surface area contributed by atoms with Crippen molar-refractivity contribution >= 4 is 17.3 Å². The molecule has 0 saturated heterocycles. The van der Waals surface area contributed by atoms with Crippen molar-refractivity contribution in [2.24, 2.45) is 0 Å². The van der Waals surface area contributed by atoms with Gasteiger partial charge in [-0.15, -0.1) is 0 Å². The average Bonchev–Trinajstić information content (AvgIpc) is 2.30. The quantitative estimate of drug-likeness (QED) is 0.653. The maximum absolute atomic E-state index is 10.7. The van der Waals surface area contributed by atoms with E-state index in [4.69, 9.17) is 11.6 Å². The monoisotopic (exact) mass is 249 g/mol. The van der Waals surface area contributed by atoms with Crippen molar-refractivity contribution < 1.29 is 10.0 Å². The van der Waals surface area contributed by atoms with Gasteiger partial charge in [0.25, 0.3) is 5.69 Å². The minimum Gasteiger partial charge on any atom is -0.507 e. The van der Waals surface area contributed by atoms with Gasteiger partial charge in [-0.3, -0.25) is 10.1 Å². The lowest BCUT2D eigenvalue weighted by Gasteiger charge is -2.06. The third kappa shape index (κ3) is 2.21. The van der Waals surface area contributed by atoms with Crippen LogP contribution < -0.4 is 0 Å². The summed E-state index contributed by atoms with van der Waals surface area (Å²) in [5, 5.41) is 20.8. The fraction of sp³-hybridized carbons (Fsp3) is 0. The summed E-state index contributed by atoms with van der Waals surface area (Å²) in [5.41, 5.74) is 0.831. The van der Waals surface area contributed by atoms with Crippen LogP contribution in [0.2, 0.25) is 5.02 Å². The molecule has 5 heteroatoms. The Hall–Kier alpha value is -2.07. The van der Waals surface area contributed by atoms with Crippen molar-refractivity contribution in [3.8, 4) is 16.9 Å². The zero-order chi connectivity index (χ0) is 12.4. The summed E-state index contributed by atoms with van der Waals surface area (Å²) in [7, 11) is 0. The normalized spacial score (nSPS) is 10.2. The highest BCUT2D eigenvalue weighted by atomic mass is 35.5. The molecule has 0 atom stereocenters. The van der Waals surface area contributed by atoms with E-state index in [1.165, 1.54) is 18.2 Å². The van der Waals surface area contributed by atoms with E-state index in [0.717, 1.165) is 0 Å². The van der Waals surface area contributed by atoms with Gasteiger partial charge in [0.15, 0.2) is 0 Å². The molecule has 0 spiro atoms. The molecule has 0 aromatic heterocycles. The van der Waals surface area contributed by atoms with Gasteiger partial charge in [-0.1, -0.05) is 29.8 Å². The molecule has 0 bridgehead atoms. The Morgan fingerprint density at radius 2 is 1.82 bits per heavy atom. The average molecular weight is 250 g/mol. The first-order valence-electron chi connectivity index (χ1n) is 4.82. The fourth-order valence-corrected chi connectivity index (χ4v) is 1.77. The molecule has 0 saturated carbocycles. The molecule has 17 heavy (non-hydrogen) atoms. The number of aromatic hydroxyl groups is 1. The molecule has 86 valence electrons. The molecular formula is C12H8ClNO3. The largest absolute Gasteiger partial charge is 0.507 e. The number of halogens is 1. The Morgan fingerprint density at radius 1 is 1.12 bits per heavy atom. The highest BCUT2D eigenvalue weighted by Gasteiger charge is 2.13. The molecule has 2 aromatic carbocycles. The Morgan fingerprint density at radius 3 is 2.47 bits per heavy atom. The van der Waals surface area contributed by atoms with Gasteiger partial charge in [-0.25, -0.2) is 0 Å². The first kappa shape index (κ1) is 11.4. The lowest BCUT2D eigenvalue weighted by Crippen LogP contribution is -1.89. The number of hydrogen-bond donors (Lipinski definition) is 1. The molecule has 0 heterocycles. The van der Waals surface area contributed by atoms with Gasteiger partial charge in [-0.05, 0) is 12.1 Å². The Balaban J connectivity index is 2.63. The molecule has 0 unspecified atom stereocenters. The predicted molar refractivity (Wildman–Crippen MR) is 65.2 cm³/mol. The number of non-ortho nitro benzene ring substituents is 1. The van der Waals surface area contributed by atoms with Crippen LogP contribution in [0, 0.1) is 10.1 Å². The minimum atomic E-state index is -0.514. The number of hydrogen-bond acceptors (Lipinski definition) is 3. The van der Waals surface area contributed by atoms with E-state index >= 15 is 0 Å². The number of nitro benzene ring substituents is 1. The number of nitrogens with zero attached hydrogens (tertiary/aromatic N) is 1. The summed E-state index contributed by atoms with van der Waals surface area (Å²) in [6.45, 7) is 0. The topological polar surface area (TPSA) is 63.4 Å². The molecule has 0 fully saturated rings. The maximum atomic E-state index is 10.7. The van der Waals surface area contributed by atoms with Gasteiger partial charge < -0.3 is 5.11 Å². The van der Waals surface area contributed by atoms with Crippen LogP contribution in [-0.4, -0.2) is 10.0 Å². The van der Waals surface area contributed by atoms with Crippen LogP contribution in [0.1, 0.15) is 0 Å². The highest BCUT2D eigenvalue weighted by molar-refractivity contribution is 6.33. The van der Waals surface area contributed by atoms with Gasteiger partial charge >= 0.3 is 0 Å². The van der Waals surface area contributed by atoms with E-state index in [-0.39, 0.29) is 11.4 Å². The van der Waals surface area contributed by atoms with Crippen molar-refractivity contribution in [2.75, 3.05) is 0 Å². The Bertz CT molecular complexity index is 584. The molecule has 2 rings (SSSR count). The summed E-state index contributed by atoms with van der Waals surface area (Å²) in [6.07, 6.45) is 0. The van der Waals surface area contributed by atoms with Crippen molar-refractivity contribution in [3.05, 3.63) is 57.6 Å². The zero-order valence-corrected chi connectivity index (χ0v) is 9.39. The summed E-state index contributed by atoms with van der Waals surface area (Å²) < 4.78 is 0. The molecule has 0 radical (unpaired) electrons. The van der Waals surface area contributed by atoms with Crippen LogP contribution in [0.3, 0.4) is 0 Å². The number of nitro groups is 1. The first-order chi connectivity index (χ1) is 8.09. The minimum absolute atomic E-state index is 0.0382. The lowest BCUT2D eigenvalue weighted by atomic mass is 10.0. The van der Waals surface area contributed by atoms with Gasteiger partial charge in [0.2, 0.25) is 0 Å². The van der Waals surface area contributed by atoms with E-state index in [1.54, 1.807) is 24.3 Å². The molecule has 0 amide bonds. The van der Waals surface area contributed by atoms with Gasteiger partial charge in [0.1, 0.15) is 5.75 Å². The number of phenolic OH excluding ortho intramolecular Hbond substituents is 1. The van der Waals surface area contributed by atoms with Crippen molar-refractivity contribution in [1.82, 2.24) is 0 Å². The van der Waals surface area contributed by atoms with Crippen LogP contribution in [0.4, 0.5) is 5.69 Å². The van der Waals surface area contributed by atoms with Crippen molar-refractivity contribution in [3.63, 3.8) is 0 Å². The summed E-state index contributed by atoms with van der Waals surface area (Å²) in [5.74, 6) is -0.0382. The molecular weight excluding hydrogens is 242 g/mol. The summed E-state index contributed by atoms with van der Waals surface area (Å²) in [4.78, 5) is 10.2. The molecule has 0 aliphatic carbocycles. The molecule has 1 N–H and O–H groups in total. The molecule has 0 aliphatic rings. The SMILES string of the molecule is O=[N+]([O-])c1ccc(O)c(-c2ccccc2Cl)c1. The second kappa shape index (κ2) is 4.43. The van der Waals surface area contributed by atoms with Crippen LogP contribution >= 0.6 is 11.6 Å². The van der Waals surface area contributed by atoms with E-state index in [2.05, 4.69) is 0 Å². The smallest absolute Gasteiger partial charge is 0.270 e. The van der Waals surface area contributed by atoms with Crippen LogP contribution in [0.5, 0.6) is 5.75 Å². The van der Waals surface area contributed by atoms with Crippen LogP contribution in [0.15, 0.2) is 42.5 Å². The molecule has 2 aromatic rings. The second-order valence-electron chi connectivity index (χ2n) is 3.44. The number of rotatable bonds is 2. The van der Waals surface area contributed by atoms with Gasteiger partial charge in [-0.2, -0.15) is 0 Å². The van der Waals surface area contributed by atoms with E-state index in [9.17, 15) is 15.2 Å². The van der Waals surface area contributed by atoms with Gasteiger partial charge in [0, 0.05) is 28.3 Å². The van der Waals surface area contributed by atoms with Crippen LogP contribution in [-0.2, 0) is 0 Å². The second-order valence-corrected chi connectivity index (χ2v) is 3.85. The predicted octanol–water partition coefficient (Wildman–Crippen LogP) is 3.62. The first-order valence-corrected chi connectivity index (χ1v) is 5.19. The Labute approximate surface area is 102 Å². The lowest BCUT2D eigenvalue weighted by molar-refractivity contribution is -0.384. The van der Waals surface area contributed by atoms with E-state index < -0.39 is 4.92 Å². The highest BCUT2D eigenvalue weighted by Crippen LogP contribution is 2.36. The van der Waals surface area contributed by atoms with Crippen molar-refractivity contribution in [2.45, 2.75) is 0 Å². The van der Waals surface area contributed by atoms with E-state index in [1.807, 2.05) is 0 Å². The van der Waals surface area contributed by atoms with Crippen LogP contribution in [0.25, 0.3) is 11.1 Å². The van der Waals surface area contributed by atoms with E-state index in [0.29, 0.717) is 16.1 Å². The molecule has 0 aliphatic heterocycles. The number of phenols is 1. The fourth-order valence-electron chi connectivity index (χ4n) is 1.53. The third-order valence-electron chi connectivity index (χ3n) is 2.35. The standard InChI is InChI=1S/C12H8ClNO3/c13-11-4-2-1-3-9(11)10-7-8(14(16)17)5-6-12(10)15/h1-7,15H. The number of benzene rings is 2. The van der Waals surface area contributed by atoms with Crippen molar-refractivity contribution in [1.29, 1.82) is 0 Å². The third-order valence-corrected chi connectivity index (χ3v) is 2.68.